The average molecular weight is 395 g/mol. The van der Waals surface area contributed by atoms with Gasteiger partial charge in [0, 0.05) is 26.2 Å². The summed E-state index contributed by atoms with van der Waals surface area (Å²) in [5.74, 6) is 1.57. The predicted molar refractivity (Wildman–Crippen MR) is 108 cm³/mol. The maximum atomic E-state index is 13.1. The van der Waals surface area contributed by atoms with Crippen molar-refractivity contribution in [1.29, 1.82) is 5.26 Å². The number of carbonyl (C=O) groups excluding carboxylic acids is 1. The topological polar surface area (TPSA) is 75.0 Å². The highest BCUT2D eigenvalue weighted by Gasteiger charge is 2.30. The first-order chi connectivity index (χ1) is 14.1. The Balaban J connectivity index is 1.73. The van der Waals surface area contributed by atoms with Gasteiger partial charge in [-0.15, -0.1) is 0 Å². The van der Waals surface area contributed by atoms with Crippen molar-refractivity contribution in [2.45, 2.75) is 6.04 Å². The average Bonchev–Trinajstić information content (AvgIpc) is 2.79. The molecule has 1 saturated heterocycles. The van der Waals surface area contributed by atoms with E-state index < -0.39 is 0 Å². The molecular weight excluding hydrogens is 370 g/mol. The maximum Gasteiger partial charge on any atom is 0.261 e. The number of ether oxygens (including phenoxy) is 3. The Morgan fingerprint density at radius 3 is 2.14 bits per heavy atom. The smallest absolute Gasteiger partial charge is 0.261 e. The van der Waals surface area contributed by atoms with E-state index in [1.165, 1.54) is 14.2 Å². The van der Waals surface area contributed by atoms with Crippen molar-refractivity contribution in [3.05, 3.63) is 53.6 Å². The summed E-state index contributed by atoms with van der Waals surface area (Å²) in [4.78, 5) is 17.0. The van der Waals surface area contributed by atoms with Crippen LogP contribution in [0.5, 0.6) is 17.2 Å². The van der Waals surface area contributed by atoms with Crippen molar-refractivity contribution in [1.82, 2.24) is 9.80 Å². The molecule has 1 aliphatic rings. The number of nitriles is 1. The molecular formula is C22H25N3O4. The first kappa shape index (κ1) is 20.5. The molecule has 0 radical (unpaired) electrons. The lowest BCUT2D eigenvalue weighted by molar-refractivity contribution is 0.0600. The fraction of sp³-hybridized carbons (Fsp3) is 0.364. The summed E-state index contributed by atoms with van der Waals surface area (Å²) in [6.07, 6.45) is 0. The van der Waals surface area contributed by atoms with Crippen LogP contribution in [0.15, 0.2) is 42.5 Å². The zero-order valence-corrected chi connectivity index (χ0v) is 16.9. The van der Waals surface area contributed by atoms with Gasteiger partial charge in [0.2, 0.25) is 0 Å². The molecule has 0 aromatic heterocycles. The summed E-state index contributed by atoms with van der Waals surface area (Å²) >= 11 is 0. The zero-order chi connectivity index (χ0) is 20.8. The lowest BCUT2D eigenvalue weighted by atomic mass is 10.0. The molecule has 0 saturated carbocycles. The number of amides is 1. The summed E-state index contributed by atoms with van der Waals surface area (Å²) in [5.41, 5.74) is 1.31. The van der Waals surface area contributed by atoms with Crippen molar-refractivity contribution in [3.8, 4) is 23.3 Å². The van der Waals surface area contributed by atoms with Crippen LogP contribution in [0, 0.1) is 11.3 Å². The van der Waals surface area contributed by atoms with E-state index in [4.69, 9.17) is 14.2 Å². The second-order valence-corrected chi connectivity index (χ2v) is 6.67. The van der Waals surface area contributed by atoms with Gasteiger partial charge in [-0.05, 0) is 29.8 Å². The van der Waals surface area contributed by atoms with Crippen LogP contribution in [0.3, 0.4) is 0 Å². The third-order valence-corrected chi connectivity index (χ3v) is 5.14. The fourth-order valence-corrected chi connectivity index (χ4v) is 3.58. The van der Waals surface area contributed by atoms with Crippen LogP contribution < -0.4 is 14.2 Å². The summed E-state index contributed by atoms with van der Waals surface area (Å²) in [6, 6.07) is 14.8. The minimum absolute atomic E-state index is 0.131. The number of hydrogen-bond acceptors (Lipinski definition) is 6. The van der Waals surface area contributed by atoms with Crippen molar-refractivity contribution in [2.24, 2.45) is 0 Å². The number of nitrogens with zero attached hydrogens (tertiary/aromatic N) is 3. The van der Waals surface area contributed by atoms with Gasteiger partial charge in [-0.3, -0.25) is 9.69 Å². The highest BCUT2D eigenvalue weighted by Crippen LogP contribution is 2.31. The molecule has 0 N–H and O–H groups in total. The van der Waals surface area contributed by atoms with Gasteiger partial charge in [-0.2, -0.15) is 5.26 Å². The Bertz CT molecular complexity index is 879. The Hall–Kier alpha value is -3.24. The van der Waals surface area contributed by atoms with Crippen LogP contribution in [0.25, 0.3) is 0 Å². The van der Waals surface area contributed by atoms with E-state index in [0.29, 0.717) is 43.2 Å². The highest BCUT2D eigenvalue weighted by molar-refractivity contribution is 5.99. The van der Waals surface area contributed by atoms with Gasteiger partial charge < -0.3 is 19.1 Å². The van der Waals surface area contributed by atoms with Crippen LogP contribution in [0.2, 0.25) is 0 Å². The summed E-state index contributed by atoms with van der Waals surface area (Å²) in [7, 11) is 4.68. The minimum atomic E-state index is -0.386. The molecule has 1 heterocycles. The Morgan fingerprint density at radius 1 is 0.966 bits per heavy atom. The van der Waals surface area contributed by atoms with Crippen LogP contribution in [-0.2, 0) is 0 Å². The molecule has 7 nitrogen and oxygen atoms in total. The Morgan fingerprint density at radius 2 is 1.59 bits per heavy atom. The van der Waals surface area contributed by atoms with Crippen molar-refractivity contribution in [2.75, 3.05) is 47.5 Å². The molecule has 1 fully saturated rings. The third kappa shape index (κ3) is 4.28. The van der Waals surface area contributed by atoms with E-state index in [1.807, 2.05) is 24.3 Å². The number of carbonyl (C=O) groups is 1. The first-order valence-corrected chi connectivity index (χ1v) is 9.40. The number of hydrogen-bond donors (Lipinski definition) is 0. The predicted octanol–water partition coefficient (Wildman–Crippen LogP) is 2.74. The molecule has 29 heavy (non-hydrogen) atoms. The van der Waals surface area contributed by atoms with Gasteiger partial charge in [0.15, 0.2) is 0 Å². The normalized spacial score (nSPS) is 15.3. The SMILES string of the molecule is COc1cccc(C(C#N)N2CCN(C(=O)c3c(OC)cccc3OC)CC2)c1. The van der Waals surface area contributed by atoms with Crippen molar-refractivity contribution in [3.63, 3.8) is 0 Å². The number of benzene rings is 2. The van der Waals surface area contributed by atoms with Gasteiger partial charge in [-0.1, -0.05) is 18.2 Å². The summed E-state index contributed by atoms with van der Waals surface area (Å²) in [5, 5.41) is 9.74. The zero-order valence-electron chi connectivity index (χ0n) is 16.9. The lowest BCUT2D eigenvalue weighted by Gasteiger charge is -2.37. The van der Waals surface area contributed by atoms with E-state index in [-0.39, 0.29) is 11.9 Å². The van der Waals surface area contributed by atoms with Crippen LogP contribution >= 0.6 is 0 Å². The molecule has 0 spiro atoms. The third-order valence-electron chi connectivity index (χ3n) is 5.14. The van der Waals surface area contributed by atoms with E-state index >= 15 is 0 Å². The summed E-state index contributed by atoms with van der Waals surface area (Å²) < 4.78 is 16.0. The quantitative estimate of drug-likeness (QED) is 0.749. The molecule has 2 aromatic carbocycles. The monoisotopic (exact) mass is 395 g/mol. The van der Waals surface area contributed by atoms with E-state index in [0.717, 1.165) is 11.3 Å². The van der Waals surface area contributed by atoms with Gasteiger partial charge in [0.05, 0.1) is 27.4 Å². The summed E-state index contributed by atoms with van der Waals surface area (Å²) in [6.45, 7) is 2.22. The number of piperazine rings is 1. The largest absolute Gasteiger partial charge is 0.497 e. The molecule has 1 amide bonds. The van der Waals surface area contributed by atoms with Crippen molar-refractivity contribution < 1.29 is 19.0 Å². The fourth-order valence-electron chi connectivity index (χ4n) is 3.58. The highest BCUT2D eigenvalue weighted by atomic mass is 16.5. The molecule has 1 aliphatic heterocycles. The molecule has 3 rings (SSSR count). The number of methoxy groups -OCH3 is 3. The van der Waals surface area contributed by atoms with E-state index in [1.54, 1.807) is 30.2 Å². The molecule has 7 heteroatoms. The second kappa shape index (κ2) is 9.30. The Kier molecular flexibility index (Phi) is 6.57. The van der Waals surface area contributed by atoms with Gasteiger partial charge in [0.25, 0.3) is 5.91 Å². The van der Waals surface area contributed by atoms with E-state index in [2.05, 4.69) is 11.0 Å². The standard InChI is InChI=1S/C22H25N3O4/c1-27-17-7-4-6-16(14-17)18(15-23)24-10-12-25(13-11-24)22(26)21-19(28-2)8-5-9-20(21)29-3/h4-9,14,18H,10-13H2,1-3H3. The van der Waals surface area contributed by atoms with Crippen LogP contribution in [0.1, 0.15) is 22.0 Å². The first-order valence-electron chi connectivity index (χ1n) is 9.40. The molecule has 0 bridgehead atoms. The Labute approximate surface area is 171 Å². The van der Waals surface area contributed by atoms with Gasteiger partial charge >= 0.3 is 0 Å². The minimum Gasteiger partial charge on any atom is -0.497 e. The lowest BCUT2D eigenvalue weighted by Crippen LogP contribution is -2.49. The molecule has 0 aliphatic carbocycles. The number of rotatable bonds is 6. The molecule has 1 unspecified atom stereocenters. The molecule has 2 aromatic rings. The maximum absolute atomic E-state index is 13.1. The van der Waals surface area contributed by atoms with Crippen LogP contribution in [0.4, 0.5) is 0 Å². The molecule has 1 atom stereocenters. The van der Waals surface area contributed by atoms with Gasteiger partial charge in [-0.25, -0.2) is 0 Å². The molecule has 152 valence electrons. The second-order valence-electron chi connectivity index (χ2n) is 6.67. The van der Waals surface area contributed by atoms with Gasteiger partial charge in [0.1, 0.15) is 28.9 Å². The van der Waals surface area contributed by atoms with Crippen molar-refractivity contribution >= 4 is 5.91 Å². The van der Waals surface area contributed by atoms with Crippen LogP contribution in [-0.4, -0.2) is 63.2 Å². The van der Waals surface area contributed by atoms with E-state index in [9.17, 15) is 10.1 Å².